The molecule has 0 saturated carbocycles. The summed E-state index contributed by atoms with van der Waals surface area (Å²) >= 11 is 0. The van der Waals surface area contributed by atoms with E-state index < -0.39 is 17.2 Å². The number of carbonyl (C=O) groups excluding carboxylic acids is 2. The van der Waals surface area contributed by atoms with Crippen LogP contribution in [0.4, 0.5) is 4.79 Å². The van der Waals surface area contributed by atoms with Crippen LogP contribution in [0.3, 0.4) is 0 Å². The van der Waals surface area contributed by atoms with Crippen LogP contribution in [0.15, 0.2) is 0 Å². The lowest BCUT2D eigenvalue weighted by Crippen LogP contribution is -2.52. The van der Waals surface area contributed by atoms with Crippen molar-refractivity contribution in [2.75, 3.05) is 33.9 Å². The van der Waals surface area contributed by atoms with Crippen LogP contribution in [0.5, 0.6) is 0 Å². The minimum Gasteiger partial charge on any atom is -0.467 e. The van der Waals surface area contributed by atoms with Gasteiger partial charge in [0.1, 0.15) is 11.1 Å². The third-order valence-corrected chi connectivity index (χ3v) is 4.23. The number of nitrogens with one attached hydrogen (secondary N) is 1. The second kappa shape index (κ2) is 8.67. The molecule has 2 heterocycles. The lowest BCUT2D eigenvalue weighted by Gasteiger charge is -2.33. The van der Waals surface area contributed by atoms with Gasteiger partial charge in [-0.15, -0.1) is 0 Å². The number of amides is 1. The predicted octanol–water partition coefficient (Wildman–Crippen LogP) is 1.94. The highest BCUT2D eigenvalue weighted by molar-refractivity contribution is 5.86. The summed E-state index contributed by atoms with van der Waals surface area (Å²) < 4.78 is 15.1. The molecule has 2 aliphatic rings. The topological polar surface area (TPSA) is 77.1 Å². The average molecular weight is 344 g/mol. The SMILES string of the molecule is COC(=O)C1(C)CCCN1C(=O)OC(C)(C)C.COC1CCNC1. The van der Waals surface area contributed by atoms with Crippen molar-refractivity contribution in [2.24, 2.45) is 0 Å². The van der Waals surface area contributed by atoms with Gasteiger partial charge in [-0.2, -0.15) is 0 Å². The Kier molecular flexibility index (Phi) is 7.48. The van der Waals surface area contributed by atoms with Gasteiger partial charge in [-0.05, 0) is 53.5 Å². The van der Waals surface area contributed by atoms with Gasteiger partial charge in [0.15, 0.2) is 0 Å². The summed E-state index contributed by atoms with van der Waals surface area (Å²) in [6, 6.07) is 0. The molecule has 2 atom stereocenters. The maximum Gasteiger partial charge on any atom is 0.411 e. The molecule has 2 aliphatic heterocycles. The molecule has 7 heteroatoms. The molecule has 0 aromatic carbocycles. The first-order valence-electron chi connectivity index (χ1n) is 8.46. The Hall–Kier alpha value is -1.34. The molecule has 24 heavy (non-hydrogen) atoms. The third kappa shape index (κ3) is 5.63. The molecule has 1 N–H and O–H groups in total. The fraction of sp³-hybridized carbons (Fsp3) is 0.882. The van der Waals surface area contributed by atoms with Gasteiger partial charge in [0.2, 0.25) is 0 Å². The number of ether oxygens (including phenoxy) is 3. The van der Waals surface area contributed by atoms with Crippen molar-refractivity contribution >= 4 is 12.1 Å². The maximum atomic E-state index is 12.0. The molecule has 2 saturated heterocycles. The van der Waals surface area contributed by atoms with Crippen LogP contribution in [-0.4, -0.2) is 68.1 Å². The largest absolute Gasteiger partial charge is 0.467 e. The second-order valence-corrected chi connectivity index (χ2v) is 7.35. The molecule has 0 aromatic heterocycles. The quantitative estimate of drug-likeness (QED) is 0.772. The van der Waals surface area contributed by atoms with Gasteiger partial charge in [-0.25, -0.2) is 9.59 Å². The highest BCUT2D eigenvalue weighted by Crippen LogP contribution is 2.31. The summed E-state index contributed by atoms with van der Waals surface area (Å²) in [5, 5.41) is 3.20. The van der Waals surface area contributed by atoms with Crippen molar-refractivity contribution < 1.29 is 23.8 Å². The molecule has 0 bridgehead atoms. The second-order valence-electron chi connectivity index (χ2n) is 7.35. The number of methoxy groups -OCH3 is 2. The van der Waals surface area contributed by atoms with Gasteiger partial charge in [-0.1, -0.05) is 0 Å². The van der Waals surface area contributed by atoms with Gasteiger partial charge >= 0.3 is 12.1 Å². The standard InChI is InChI=1S/C12H21NO4.C5H11NO/c1-11(2,3)17-10(15)13-8-6-7-12(13,4)9(14)16-5;1-7-5-2-3-6-4-5/h6-8H2,1-5H3;5-6H,2-4H2,1H3. The van der Waals surface area contributed by atoms with Gasteiger partial charge < -0.3 is 19.5 Å². The van der Waals surface area contributed by atoms with E-state index in [0.717, 1.165) is 19.5 Å². The van der Waals surface area contributed by atoms with Crippen molar-refractivity contribution in [3.05, 3.63) is 0 Å². The first-order chi connectivity index (χ1) is 11.1. The van der Waals surface area contributed by atoms with Crippen LogP contribution in [0.25, 0.3) is 0 Å². The zero-order valence-corrected chi connectivity index (χ0v) is 15.8. The Bertz CT molecular complexity index is 429. The molecule has 7 nitrogen and oxygen atoms in total. The first-order valence-corrected chi connectivity index (χ1v) is 8.46. The van der Waals surface area contributed by atoms with Crippen molar-refractivity contribution in [1.29, 1.82) is 0 Å². The molecule has 0 radical (unpaired) electrons. The van der Waals surface area contributed by atoms with E-state index in [4.69, 9.17) is 14.2 Å². The van der Waals surface area contributed by atoms with Gasteiger partial charge in [0, 0.05) is 20.2 Å². The van der Waals surface area contributed by atoms with Crippen molar-refractivity contribution in [3.8, 4) is 0 Å². The molecule has 2 fully saturated rings. The normalized spacial score (nSPS) is 26.6. The monoisotopic (exact) mass is 344 g/mol. The Morgan fingerprint density at radius 3 is 2.33 bits per heavy atom. The number of hydrogen-bond donors (Lipinski definition) is 1. The maximum absolute atomic E-state index is 12.0. The van der Waals surface area contributed by atoms with Crippen LogP contribution in [0, 0.1) is 0 Å². The number of hydrogen-bond acceptors (Lipinski definition) is 6. The van der Waals surface area contributed by atoms with E-state index in [2.05, 4.69) is 5.32 Å². The number of likely N-dealkylation sites (tertiary alicyclic amines) is 1. The van der Waals surface area contributed by atoms with E-state index in [1.54, 1.807) is 34.8 Å². The molecule has 0 spiro atoms. The predicted molar refractivity (Wildman–Crippen MR) is 90.9 cm³/mol. The van der Waals surface area contributed by atoms with E-state index >= 15 is 0 Å². The Labute approximate surface area is 145 Å². The summed E-state index contributed by atoms with van der Waals surface area (Å²) in [5.74, 6) is -0.388. The van der Waals surface area contributed by atoms with Crippen LogP contribution < -0.4 is 5.32 Å². The van der Waals surface area contributed by atoms with Crippen LogP contribution >= 0.6 is 0 Å². The highest BCUT2D eigenvalue weighted by atomic mass is 16.6. The van der Waals surface area contributed by atoms with Gasteiger partial charge in [-0.3, -0.25) is 4.90 Å². The van der Waals surface area contributed by atoms with E-state index in [1.165, 1.54) is 18.4 Å². The molecular weight excluding hydrogens is 312 g/mol. The Morgan fingerprint density at radius 2 is 1.92 bits per heavy atom. The molecular formula is C17H32N2O5. The van der Waals surface area contributed by atoms with Crippen molar-refractivity contribution in [3.63, 3.8) is 0 Å². The minimum absolute atomic E-state index is 0.388. The van der Waals surface area contributed by atoms with Gasteiger partial charge in [0.05, 0.1) is 13.2 Å². The molecule has 0 aliphatic carbocycles. The number of carbonyl (C=O) groups is 2. The zero-order valence-electron chi connectivity index (χ0n) is 15.8. The Balaban J connectivity index is 0.000000341. The third-order valence-electron chi connectivity index (χ3n) is 4.23. The van der Waals surface area contributed by atoms with Gasteiger partial charge in [0.25, 0.3) is 0 Å². The first kappa shape index (κ1) is 20.7. The summed E-state index contributed by atoms with van der Waals surface area (Å²) in [6.45, 7) is 9.81. The average Bonchev–Trinajstić information content (AvgIpc) is 3.14. The van der Waals surface area contributed by atoms with Crippen LogP contribution in [0.1, 0.15) is 47.0 Å². The summed E-state index contributed by atoms with van der Waals surface area (Å²) in [6.07, 6.45) is 2.60. The highest BCUT2D eigenvalue weighted by Gasteiger charge is 2.48. The summed E-state index contributed by atoms with van der Waals surface area (Å²) in [5.41, 5.74) is -1.45. The Morgan fingerprint density at radius 1 is 1.25 bits per heavy atom. The molecule has 140 valence electrons. The van der Waals surface area contributed by atoms with E-state index in [9.17, 15) is 9.59 Å². The fourth-order valence-electron chi connectivity index (χ4n) is 2.83. The van der Waals surface area contributed by atoms with Crippen LogP contribution in [0.2, 0.25) is 0 Å². The van der Waals surface area contributed by atoms with Crippen LogP contribution in [-0.2, 0) is 19.0 Å². The number of nitrogens with zero attached hydrogens (tertiary/aromatic N) is 1. The molecule has 1 amide bonds. The summed E-state index contributed by atoms with van der Waals surface area (Å²) in [7, 11) is 3.09. The van der Waals surface area contributed by atoms with Crippen molar-refractivity contribution in [1.82, 2.24) is 10.2 Å². The zero-order chi connectivity index (χ0) is 18.4. The van der Waals surface area contributed by atoms with E-state index in [-0.39, 0.29) is 5.97 Å². The molecule has 2 unspecified atom stereocenters. The van der Waals surface area contributed by atoms with Crippen molar-refractivity contribution in [2.45, 2.75) is 64.2 Å². The fourth-order valence-corrected chi connectivity index (χ4v) is 2.83. The molecule has 2 rings (SSSR count). The number of esters is 1. The lowest BCUT2D eigenvalue weighted by atomic mass is 10.00. The number of rotatable bonds is 2. The van der Waals surface area contributed by atoms with E-state index in [0.29, 0.717) is 19.1 Å². The summed E-state index contributed by atoms with van der Waals surface area (Å²) in [4.78, 5) is 25.2. The van der Waals surface area contributed by atoms with E-state index in [1.807, 2.05) is 0 Å². The smallest absolute Gasteiger partial charge is 0.411 e. The lowest BCUT2D eigenvalue weighted by molar-refractivity contribution is -0.152. The molecule has 0 aromatic rings. The minimum atomic E-state index is -0.892.